The Kier molecular flexibility index (Phi) is 5.19. The maximum atomic E-state index is 13.8. The number of carbonyl (C=O) groups is 2. The van der Waals surface area contributed by atoms with Crippen molar-refractivity contribution in [2.75, 3.05) is 0 Å². The van der Waals surface area contributed by atoms with Crippen molar-refractivity contribution in [1.82, 2.24) is 9.58 Å². The van der Waals surface area contributed by atoms with Crippen LogP contribution in [0.25, 0.3) is 5.69 Å². The van der Waals surface area contributed by atoms with Crippen LogP contribution in [-0.4, -0.2) is 27.6 Å². The third kappa shape index (κ3) is 3.15. The average Bonchev–Trinajstić information content (AvgIpc) is 3.35. The van der Waals surface area contributed by atoms with Crippen molar-refractivity contribution in [3.8, 4) is 5.69 Å². The van der Waals surface area contributed by atoms with Crippen LogP contribution < -0.4 is 0 Å². The second-order valence-electron chi connectivity index (χ2n) is 10.3. The zero-order valence-electron chi connectivity index (χ0n) is 20.7. The van der Waals surface area contributed by atoms with Crippen molar-refractivity contribution in [2.24, 2.45) is 16.9 Å². The number of nitrogens with zero attached hydrogens (tertiary/aromatic N) is 3. The fourth-order valence-electron chi connectivity index (χ4n) is 6.84. The van der Waals surface area contributed by atoms with Gasteiger partial charge in [-0.2, -0.15) is 10.1 Å². The molecule has 5 nitrogen and oxygen atoms in total. The predicted molar refractivity (Wildman–Crippen MR) is 148 cm³/mol. The van der Waals surface area contributed by atoms with Crippen molar-refractivity contribution in [3.63, 3.8) is 0 Å². The molecule has 38 heavy (non-hydrogen) atoms. The topological polar surface area (TPSA) is 54.7 Å². The molecule has 4 aliphatic rings. The third-order valence-electron chi connectivity index (χ3n) is 8.37. The highest BCUT2D eigenvalue weighted by atomic mass is 35.5. The summed E-state index contributed by atoms with van der Waals surface area (Å²) in [6.07, 6.45) is 1.62. The highest BCUT2D eigenvalue weighted by molar-refractivity contribution is 6.42. The number of hydrogen-bond donors (Lipinski definition) is 0. The number of rotatable bonds is 3. The van der Waals surface area contributed by atoms with Gasteiger partial charge in [-0.15, -0.1) is 0 Å². The molecule has 2 atom stereocenters. The van der Waals surface area contributed by atoms with Crippen LogP contribution in [0.1, 0.15) is 51.0 Å². The van der Waals surface area contributed by atoms with Crippen molar-refractivity contribution < 1.29 is 9.59 Å². The van der Waals surface area contributed by atoms with E-state index in [4.69, 9.17) is 23.2 Å². The van der Waals surface area contributed by atoms with Crippen LogP contribution in [0.5, 0.6) is 0 Å². The van der Waals surface area contributed by atoms with Crippen molar-refractivity contribution in [3.05, 3.63) is 122 Å². The molecular formula is C31H23Cl2N3O2. The lowest BCUT2D eigenvalue weighted by Crippen LogP contribution is -2.41. The Balaban J connectivity index is 1.26. The summed E-state index contributed by atoms with van der Waals surface area (Å²) in [7, 11) is 0. The molecule has 0 unspecified atom stereocenters. The lowest BCUT2D eigenvalue weighted by atomic mass is 9.55. The summed E-state index contributed by atoms with van der Waals surface area (Å²) in [5.41, 5.74) is 8.17. The molecule has 1 aromatic heterocycles. The predicted octanol–water partition coefficient (Wildman–Crippen LogP) is 6.63. The Labute approximate surface area is 230 Å². The molecule has 1 aliphatic heterocycles. The molecule has 8 rings (SSSR count). The smallest absolute Gasteiger partial charge is 0.254 e. The first-order valence-electron chi connectivity index (χ1n) is 12.6. The van der Waals surface area contributed by atoms with Gasteiger partial charge in [-0.05, 0) is 60.4 Å². The van der Waals surface area contributed by atoms with Gasteiger partial charge >= 0.3 is 0 Å². The molecule has 188 valence electrons. The number of imide groups is 1. The number of benzene rings is 3. The van der Waals surface area contributed by atoms with Gasteiger partial charge in [-0.25, -0.2) is 0 Å². The lowest BCUT2D eigenvalue weighted by molar-refractivity contribution is -0.139. The number of hydrogen-bond acceptors (Lipinski definition) is 3. The highest BCUT2D eigenvalue weighted by Gasteiger charge is 2.61. The molecule has 2 amide bonds. The largest absolute Gasteiger partial charge is 0.318 e. The van der Waals surface area contributed by atoms with Gasteiger partial charge < -0.3 is 4.57 Å². The van der Waals surface area contributed by atoms with Crippen molar-refractivity contribution in [1.29, 1.82) is 0 Å². The van der Waals surface area contributed by atoms with Crippen LogP contribution in [0.2, 0.25) is 10.0 Å². The van der Waals surface area contributed by atoms with Crippen LogP contribution in [0, 0.1) is 25.7 Å². The molecule has 3 aromatic carbocycles. The van der Waals surface area contributed by atoms with Crippen LogP contribution in [0.15, 0.2) is 77.9 Å². The number of aryl methyl sites for hydroxylation is 1. The van der Waals surface area contributed by atoms with Crippen molar-refractivity contribution in [2.45, 2.75) is 25.7 Å². The van der Waals surface area contributed by atoms with E-state index in [1.807, 2.05) is 60.9 Å². The molecule has 2 heterocycles. The lowest BCUT2D eigenvalue weighted by Gasteiger charge is -2.45. The Morgan fingerprint density at radius 2 is 1.26 bits per heavy atom. The summed E-state index contributed by atoms with van der Waals surface area (Å²) >= 11 is 12.4. The van der Waals surface area contributed by atoms with Crippen LogP contribution >= 0.6 is 23.2 Å². The van der Waals surface area contributed by atoms with Crippen LogP contribution in [0.4, 0.5) is 0 Å². The maximum Gasteiger partial charge on any atom is 0.254 e. The van der Waals surface area contributed by atoms with E-state index >= 15 is 0 Å². The standard InChI is InChI=1S/C31H23Cl2N3O2/c1-16-13-18(17(2)35(16)19-11-12-24(32)25(33)14-19)15-34-36-30(37)28-26-20-7-3-4-8-21(20)27(29(28)31(36)38)23-10-6-5-9-22(23)26/h3-15,26-29H,1-2H3/b34-15-/t26?,27?,28-,29-/m0/s1. The normalized spacial score (nSPS) is 23.2. The van der Waals surface area contributed by atoms with Gasteiger partial charge in [-0.1, -0.05) is 71.7 Å². The first-order valence-corrected chi connectivity index (χ1v) is 13.4. The summed E-state index contributed by atoms with van der Waals surface area (Å²) in [5.74, 6) is -1.64. The summed E-state index contributed by atoms with van der Waals surface area (Å²) < 4.78 is 2.05. The van der Waals surface area contributed by atoms with Gasteiger partial charge in [-0.3, -0.25) is 9.59 Å². The molecule has 3 aliphatic carbocycles. The summed E-state index contributed by atoms with van der Waals surface area (Å²) in [6.45, 7) is 3.96. The van der Waals surface area contributed by atoms with Gasteiger partial charge in [0.25, 0.3) is 11.8 Å². The number of amides is 2. The Morgan fingerprint density at radius 1 is 0.737 bits per heavy atom. The molecule has 1 saturated heterocycles. The van der Waals surface area contributed by atoms with Crippen molar-refractivity contribution >= 4 is 41.2 Å². The number of hydrazone groups is 1. The molecule has 1 fully saturated rings. The number of aromatic nitrogens is 1. The minimum Gasteiger partial charge on any atom is -0.318 e. The molecule has 0 N–H and O–H groups in total. The molecule has 0 radical (unpaired) electrons. The summed E-state index contributed by atoms with van der Waals surface area (Å²) in [6, 6.07) is 23.9. The fourth-order valence-corrected chi connectivity index (χ4v) is 7.13. The maximum absolute atomic E-state index is 13.8. The van der Waals surface area contributed by atoms with E-state index in [0.717, 1.165) is 49.9 Å². The number of carbonyl (C=O) groups excluding carboxylic acids is 2. The molecule has 0 saturated carbocycles. The molecular weight excluding hydrogens is 517 g/mol. The quantitative estimate of drug-likeness (QED) is 0.217. The second kappa shape index (κ2) is 8.42. The third-order valence-corrected chi connectivity index (χ3v) is 9.11. The molecule has 0 spiro atoms. The van der Waals surface area contributed by atoms with E-state index in [1.54, 1.807) is 12.3 Å². The van der Waals surface area contributed by atoms with E-state index in [-0.39, 0.29) is 23.7 Å². The van der Waals surface area contributed by atoms with Gasteiger partial charge in [0, 0.05) is 34.5 Å². The Hall–Kier alpha value is -3.67. The van der Waals surface area contributed by atoms with E-state index in [1.165, 1.54) is 0 Å². The highest BCUT2D eigenvalue weighted by Crippen LogP contribution is 2.60. The minimum absolute atomic E-state index is 0.145. The summed E-state index contributed by atoms with van der Waals surface area (Å²) in [5, 5.41) is 6.56. The monoisotopic (exact) mass is 539 g/mol. The van der Waals surface area contributed by atoms with Gasteiger partial charge in [0.2, 0.25) is 0 Å². The fraction of sp³-hybridized carbons (Fsp3) is 0.194. The SMILES string of the molecule is Cc1cc(/C=N\N2C(=O)[C@H]3C4c5ccccc5C(c5ccccc54)[C@@H]3C2=O)c(C)n1-c1ccc(Cl)c(Cl)c1. The van der Waals surface area contributed by atoms with Gasteiger partial charge in [0.15, 0.2) is 0 Å². The zero-order chi connectivity index (χ0) is 26.3. The zero-order valence-corrected chi connectivity index (χ0v) is 22.2. The van der Waals surface area contributed by atoms with Crippen LogP contribution in [-0.2, 0) is 9.59 Å². The summed E-state index contributed by atoms with van der Waals surface area (Å²) in [4.78, 5) is 27.6. The average molecular weight is 540 g/mol. The van der Waals surface area contributed by atoms with Gasteiger partial charge in [0.1, 0.15) is 0 Å². The van der Waals surface area contributed by atoms with Gasteiger partial charge in [0.05, 0.1) is 28.1 Å². The van der Waals surface area contributed by atoms with E-state index in [9.17, 15) is 9.59 Å². The molecule has 2 bridgehead atoms. The molecule has 4 aromatic rings. The Morgan fingerprint density at radius 3 is 1.76 bits per heavy atom. The number of halogens is 2. The second-order valence-corrected chi connectivity index (χ2v) is 11.1. The van der Waals surface area contributed by atoms with Crippen LogP contribution in [0.3, 0.4) is 0 Å². The van der Waals surface area contributed by atoms with E-state index in [2.05, 4.69) is 29.4 Å². The first kappa shape index (κ1) is 23.4. The minimum atomic E-state index is -0.446. The van der Waals surface area contributed by atoms with E-state index < -0.39 is 11.8 Å². The Bertz CT molecular complexity index is 1590. The van der Waals surface area contributed by atoms with E-state index in [0.29, 0.717) is 10.0 Å². The first-order chi connectivity index (χ1) is 18.4. The molecule has 7 heteroatoms.